The number of thiazole rings is 1. The van der Waals surface area contributed by atoms with E-state index in [1.807, 2.05) is 22.1 Å². The monoisotopic (exact) mass is 463 g/mol. The lowest BCUT2D eigenvalue weighted by molar-refractivity contribution is -0.129. The first-order chi connectivity index (χ1) is 15.9. The van der Waals surface area contributed by atoms with Crippen molar-refractivity contribution in [2.45, 2.75) is 46.2 Å². The first-order valence-corrected chi connectivity index (χ1v) is 12.4. The molecule has 3 heterocycles. The molecule has 0 unspecified atom stereocenters. The van der Waals surface area contributed by atoms with Crippen molar-refractivity contribution in [1.82, 2.24) is 19.8 Å². The third-order valence-electron chi connectivity index (χ3n) is 6.48. The van der Waals surface area contributed by atoms with E-state index in [-0.39, 0.29) is 17.9 Å². The molecule has 1 aromatic carbocycles. The molecular weight excluding hydrogens is 434 g/mol. The van der Waals surface area contributed by atoms with Crippen molar-refractivity contribution < 1.29 is 9.59 Å². The largest absolute Gasteiger partial charge is 0.353 e. The van der Waals surface area contributed by atoms with Gasteiger partial charge in [0.05, 0.1) is 10.5 Å². The number of rotatable bonds is 5. The second-order valence-corrected chi connectivity index (χ2v) is 10.1. The molecular formula is C25H29N5O2S. The number of anilines is 1. The van der Waals surface area contributed by atoms with E-state index in [1.54, 1.807) is 6.92 Å². The zero-order valence-electron chi connectivity index (χ0n) is 19.4. The summed E-state index contributed by atoms with van der Waals surface area (Å²) in [7, 11) is 0. The van der Waals surface area contributed by atoms with Crippen LogP contribution in [-0.4, -0.2) is 63.8 Å². The Morgan fingerprint density at radius 2 is 1.85 bits per heavy atom. The summed E-state index contributed by atoms with van der Waals surface area (Å²) in [6.45, 7) is 8.98. The van der Waals surface area contributed by atoms with E-state index in [2.05, 4.69) is 41.1 Å². The number of nitrogens with zero attached hydrogens (tertiary/aromatic N) is 5. The first-order valence-electron chi connectivity index (χ1n) is 11.5. The summed E-state index contributed by atoms with van der Waals surface area (Å²) in [5.41, 5.74) is 3.71. The van der Waals surface area contributed by atoms with Gasteiger partial charge in [-0.15, -0.1) is 11.3 Å². The van der Waals surface area contributed by atoms with Crippen LogP contribution in [0.1, 0.15) is 46.4 Å². The molecule has 1 aliphatic heterocycles. The normalized spacial score (nSPS) is 16.3. The topological polar surface area (TPSA) is 69.6 Å². The summed E-state index contributed by atoms with van der Waals surface area (Å²) < 4.78 is 0. The van der Waals surface area contributed by atoms with E-state index in [4.69, 9.17) is 4.98 Å². The fraction of sp³-hybridized carbons (Fsp3) is 0.440. The van der Waals surface area contributed by atoms with Crippen LogP contribution >= 0.6 is 11.3 Å². The van der Waals surface area contributed by atoms with Crippen molar-refractivity contribution in [3.8, 4) is 0 Å². The SMILES string of the molecule is CC(=O)N1CCN(c2nc3cc(C)ccc3cc2CN(C(=O)c2csc(C)n2)C2CC2)CC1. The number of carbonyl (C=O) groups excluding carboxylic acids is 2. The summed E-state index contributed by atoms with van der Waals surface area (Å²) in [5, 5.41) is 3.84. The number of pyridine rings is 1. The molecule has 5 rings (SSSR count). The van der Waals surface area contributed by atoms with Crippen molar-refractivity contribution in [1.29, 1.82) is 0 Å². The standard InChI is InChI=1S/C25H29N5O2S/c1-16-4-5-19-13-20(14-30(21-6-7-21)25(32)23-15-33-17(2)26-23)24(27-22(19)12-16)29-10-8-28(9-11-29)18(3)31/h4-5,12-13,15,21H,6-11,14H2,1-3H3. The molecule has 0 bridgehead atoms. The van der Waals surface area contributed by atoms with Gasteiger partial charge in [0.15, 0.2) is 0 Å². The number of hydrogen-bond acceptors (Lipinski definition) is 6. The Hall–Kier alpha value is -3.00. The van der Waals surface area contributed by atoms with Gasteiger partial charge in [0.2, 0.25) is 5.91 Å². The van der Waals surface area contributed by atoms with Crippen molar-refractivity contribution in [3.05, 3.63) is 51.5 Å². The van der Waals surface area contributed by atoms with E-state index in [0.717, 1.165) is 53.2 Å². The van der Waals surface area contributed by atoms with E-state index in [1.165, 1.54) is 16.9 Å². The van der Waals surface area contributed by atoms with Crippen molar-refractivity contribution in [3.63, 3.8) is 0 Å². The van der Waals surface area contributed by atoms with Crippen LogP contribution in [0.4, 0.5) is 5.82 Å². The number of carbonyl (C=O) groups is 2. The van der Waals surface area contributed by atoms with Gasteiger partial charge >= 0.3 is 0 Å². The minimum atomic E-state index is -0.00166. The third-order valence-corrected chi connectivity index (χ3v) is 7.25. The molecule has 1 aliphatic carbocycles. The molecule has 3 aromatic rings. The minimum absolute atomic E-state index is 0.00166. The fourth-order valence-corrected chi connectivity index (χ4v) is 5.07. The Kier molecular flexibility index (Phi) is 5.78. The Morgan fingerprint density at radius 1 is 1.09 bits per heavy atom. The molecule has 0 radical (unpaired) electrons. The van der Waals surface area contributed by atoms with Crippen LogP contribution < -0.4 is 4.90 Å². The van der Waals surface area contributed by atoms with Gasteiger partial charge in [-0.05, 0) is 44.4 Å². The van der Waals surface area contributed by atoms with Crippen LogP contribution in [0.25, 0.3) is 10.9 Å². The number of aryl methyl sites for hydroxylation is 2. The second kappa shape index (κ2) is 8.74. The Balaban J connectivity index is 1.50. The highest BCUT2D eigenvalue weighted by atomic mass is 32.1. The lowest BCUT2D eigenvalue weighted by atomic mass is 10.1. The van der Waals surface area contributed by atoms with E-state index < -0.39 is 0 Å². The highest BCUT2D eigenvalue weighted by Crippen LogP contribution is 2.33. The maximum Gasteiger partial charge on any atom is 0.273 e. The molecule has 0 atom stereocenters. The zero-order valence-corrected chi connectivity index (χ0v) is 20.2. The highest BCUT2D eigenvalue weighted by Gasteiger charge is 2.35. The van der Waals surface area contributed by atoms with Gasteiger partial charge in [-0.25, -0.2) is 9.97 Å². The second-order valence-electron chi connectivity index (χ2n) is 9.08. The number of hydrogen-bond donors (Lipinski definition) is 0. The Morgan fingerprint density at radius 3 is 2.48 bits per heavy atom. The Labute approximate surface area is 198 Å². The van der Waals surface area contributed by atoms with Crippen LogP contribution in [0, 0.1) is 13.8 Å². The lowest BCUT2D eigenvalue weighted by Crippen LogP contribution is -2.48. The fourth-order valence-electron chi connectivity index (χ4n) is 4.48. The van der Waals surface area contributed by atoms with Gasteiger partial charge in [0.25, 0.3) is 5.91 Å². The predicted molar refractivity (Wildman–Crippen MR) is 131 cm³/mol. The molecule has 33 heavy (non-hydrogen) atoms. The molecule has 172 valence electrons. The van der Waals surface area contributed by atoms with Crippen molar-refractivity contribution >= 4 is 39.9 Å². The molecule has 2 aliphatic rings. The van der Waals surface area contributed by atoms with Gasteiger partial charge in [-0.1, -0.05) is 12.1 Å². The van der Waals surface area contributed by atoms with Gasteiger partial charge < -0.3 is 14.7 Å². The first kappa shape index (κ1) is 21.8. The molecule has 0 N–H and O–H groups in total. The van der Waals surface area contributed by atoms with E-state index in [9.17, 15) is 9.59 Å². The van der Waals surface area contributed by atoms with Crippen LogP contribution in [0.2, 0.25) is 0 Å². The summed E-state index contributed by atoms with van der Waals surface area (Å²) >= 11 is 1.51. The number of fused-ring (bicyclic) bond motifs is 1. The van der Waals surface area contributed by atoms with Crippen LogP contribution in [0.15, 0.2) is 29.6 Å². The number of amides is 2. The Bertz CT molecular complexity index is 1210. The summed E-state index contributed by atoms with van der Waals surface area (Å²) in [4.78, 5) is 40.8. The molecule has 8 heteroatoms. The lowest BCUT2D eigenvalue weighted by Gasteiger charge is -2.36. The molecule has 1 saturated heterocycles. The van der Waals surface area contributed by atoms with E-state index in [0.29, 0.717) is 25.3 Å². The highest BCUT2D eigenvalue weighted by molar-refractivity contribution is 7.09. The number of piperazine rings is 1. The quantitative estimate of drug-likeness (QED) is 0.576. The van der Waals surface area contributed by atoms with Crippen molar-refractivity contribution in [2.75, 3.05) is 31.1 Å². The van der Waals surface area contributed by atoms with Gasteiger partial charge in [0.1, 0.15) is 11.5 Å². The smallest absolute Gasteiger partial charge is 0.273 e. The maximum atomic E-state index is 13.3. The van der Waals surface area contributed by atoms with Crippen molar-refractivity contribution in [2.24, 2.45) is 0 Å². The van der Waals surface area contributed by atoms with Gasteiger partial charge in [-0.3, -0.25) is 9.59 Å². The molecule has 1 saturated carbocycles. The average molecular weight is 464 g/mol. The molecule has 2 fully saturated rings. The summed E-state index contributed by atoms with van der Waals surface area (Å²) in [5.74, 6) is 1.03. The van der Waals surface area contributed by atoms with Gasteiger partial charge in [-0.2, -0.15) is 0 Å². The molecule has 7 nitrogen and oxygen atoms in total. The molecule has 2 amide bonds. The zero-order chi connectivity index (χ0) is 23.1. The van der Waals surface area contributed by atoms with Crippen LogP contribution in [-0.2, 0) is 11.3 Å². The molecule has 2 aromatic heterocycles. The summed E-state index contributed by atoms with van der Waals surface area (Å²) in [6.07, 6.45) is 2.06. The van der Waals surface area contributed by atoms with Crippen LogP contribution in [0.3, 0.4) is 0 Å². The minimum Gasteiger partial charge on any atom is -0.353 e. The third kappa shape index (κ3) is 4.57. The number of aromatic nitrogens is 2. The average Bonchev–Trinajstić information content (AvgIpc) is 3.56. The molecule has 0 spiro atoms. The summed E-state index contributed by atoms with van der Waals surface area (Å²) in [6, 6.07) is 8.75. The maximum absolute atomic E-state index is 13.3. The number of benzene rings is 1. The van der Waals surface area contributed by atoms with E-state index >= 15 is 0 Å². The van der Waals surface area contributed by atoms with Crippen LogP contribution in [0.5, 0.6) is 0 Å². The van der Waals surface area contributed by atoms with Gasteiger partial charge in [0, 0.05) is 62.0 Å². The predicted octanol–water partition coefficient (Wildman–Crippen LogP) is 3.78.